The quantitative estimate of drug-likeness (QED) is 0.477. The number of imide groups is 1. The normalized spacial score (nSPS) is 18.7. The van der Waals surface area contributed by atoms with Gasteiger partial charge in [-0.15, -0.1) is 0 Å². The molecule has 9 nitrogen and oxygen atoms in total. The molecule has 1 aliphatic rings. The minimum atomic E-state index is -1.35. The van der Waals surface area contributed by atoms with E-state index in [1.165, 1.54) is 24.3 Å². The molecule has 0 aliphatic carbocycles. The Morgan fingerprint density at radius 2 is 1.77 bits per heavy atom. The van der Waals surface area contributed by atoms with E-state index in [-0.39, 0.29) is 12.1 Å². The Labute approximate surface area is 169 Å². The van der Waals surface area contributed by atoms with Gasteiger partial charge in [-0.1, -0.05) is 19.1 Å². The van der Waals surface area contributed by atoms with Gasteiger partial charge in [0, 0.05) is 5.69 Å². The van der Waals surface area contributed by atoms with Crippen LogP contribution in [0.2, 0.25) is 0 Å². The summed E-state index contributed by atoms with van der Waals surface area (Å²) in [5.74, 6) is -1.62. The van der Waals surface area contributed by atoms with E-state index in [0.29, 0.717) is 22.3 Å². The number of H-pyrrole nitrogens is 2. The Balaban J connectivity index is 1.52. The maximum atomic E-state index is 13.3. The lowest BCUT2D eigenvalue weighted by Crippen LogP contribution is -2.44. The first kappa shape index (κ1) is 19.4. The third-order valence-electron chi connectivity index (χ3n) is 5.14. The summed E-state index contributed by atoms with van der Waals surface area (Å²) in [4.78, 5) is 55.3. The van der Waals surface area contributed by atoms with Crippen molar-refractivity contribution in [2.75, 3.05) is 11.9 Å². The molecule has 0 bridgehead atoms. The zero-order valence-corrected chi connectivity index (χ0v) is 15.9. The number of urea groups is 1. The highest BCUT2D eigenvalue weighted by Gasteiger charge is 2.51. The van der Waals surface area contributed by atoms with Crippen molar-refractivity contribution in [2.24, 2.45) is 0 Å². The van der Waals surface area contributed by atoms with Crippen LogP contribution in [0.4, 0.5) is 14.9 Å². The minimum absolute atomic E-state index is 0.235. The van der Waals surface area contributed by atoms with Crippen molar-refractivity contribution >= 4 is 34.6 Å². The van der Waals surface area contributed by atoms with Gasteiger partial charge in [0.2, 0.25) is 5.91 Å². The molecule has 154 valence electrons. The van der Waals surface area contributed by atoms with E-state index in [4.69, 9.17) is 0 Å². The number of imidazole rings is 1. The van der Waals surface area contributed by atoms with Gasteiger partial charge in [-0.05, 0) is 42.3 Å². The van der Waals surface area contributed by atoms with Crippen LogP contribution in [0, 0.1) is 5.82 Å². The van der Waals surface area contributed by atoms with E-state index >= 15 is 0 Å². The molecule has 3 aromatic rings. The molecule has 2 aromatic carbocycles. The summed E-state index contributed by atoms with van der Waals surface area (Å²) in [6, 6.07) is 9.36. The molecule has 1 aliphatic heterocycles. The average Bonchev–Trinajstić information content (AvgIpc) is 3.20. The second-order valence-electron chi connectivity index (χ2n) is 6.97. The summed E-state index contributed by atoms with van der Waals surface area (Å²) in [6.45, 7) is 1.23. The van der Waals surface area contributed by atoms with Crippen molar-refractivity contribution < 1.29 is 18.8 Å². The van der Waals surface area contributed by atoms with Gasteiger partial charge in [0.15, 0.2) is 0 Å². The topological polar surface area (TPSA) is 127 Å². The zero-order chi connectivity index (χ0) is 21.5. The van der Waals surface area contributed by atoms with Gasteiger partial charge >= 0.3 is 11.7 Å². The highest BCUT2D eigenvalue weighted by atomic mass is 19.1. The standard InChI is InChI=1S/C20H18FN5O4/c1-2-20(11-3-5-12(21)6-4-11)17(28)26(19(30)25-20)10-16(27)22-13-7-8-14-15(9-13)24-18(29)23-14/h3-9H,2,10H2,1H3,(H,22,27)(H,25,30)(H2,23,24,29). The Morgan fingerprint density at radius 1 is 1.07 bits per heavy atom. The largest absolute Gasteiger partial charge is 0.325 e. The lowest BCUT2D eigenvalue weighted by Gasteiger charge is -2.25. The number of hydrogen-bond donors (Lipinski definition) is 4. The first-order chi connectivity index (χ1) is 14.3. The number of nitrogens with one attached hydrogen (secondary N) is 4. The summed E-state index contributed by atoms with van der Waals surface area (Å²) in [6.07, 6.45) is 0.235. The fourth-order valence-corrected chi connectivity index (χ4v) is 3.60. The van der Waals surface area contributed by atoms with E-state index < -0.39 is 35.7 Å². The highest BCUT2D eigenvalue weighted by molar-refractivity contribution is 6.10. The lowest BCUT2D eigenvalue weighted by atomic mass is 9.87. The molecule has 1 aromatic heterocycles. The molecule has 30 heavy (non-hydrogen) atoms. The average molecular weight is 411 g/mol. The van der Waals surface area contributed by atoms with Crippen molar-refractivity contribution in [1.29, 1.82) is 0 Å². The number of hydrogen-bond acceptors (Lipinski definition) is 4. The van der Waals surface area contributed by atoms with Crippen LogP contribution in [0.1, 0.15) is 18.9 Å². The van der Waals surface area contributed by atoms with Gasteiger partial charge in [0.1, 0.15) is 17.9 Å². The third kappa shape index (κ3) is 3.21. The molecular weight excluding hydrogens is 393 g/mol. The number of aromatic nitrogens is 2. The van der Waals surface area contributed by atoms with Gasteiger partial charge in [-0.25, -0.2) is 14.0 Å². The third-order valence-corrected chi connectivity index (χ3v) is 5.14. The number of carbonyl (C=O) groups is 3. The van der Waals surface area contributed by atoms with Gasteiger partial charge < -0.3 is 20.6 Å². The fourth-order valence-electron chi connectivity index (χ4n) is 3.60. The molecule has 0 saturated carbocycles. The Bertz CT molecular complexity index is 1220. The van der Waals surface area contributed by atoms with Gasteiger partial charge in [-0.3, -0.25) is 14.5 Å². The number of anilines is 1. The number of nitrogens with zero attached hydrogens (tertiary/aromatic N) is 1. The predicted octanol–water partition coefficient (Wildman–Crippen LogP) is 1.79. The molecule has 2 heterocycles. The first-order valence-corrected chi connectivity index (χ1v) is 9.24. The van der Waals surface area contributed by atoms with E-state index in [0.717, 1.165) is 4.90 Å². The van der Waals surface area contributed by atoms with Gasteiger partial charge in [-0.2, -0.15) is 0 Å². The monoisotopic (exact) mass is 411 g/mol. The summed E-state index contributed by atoms with van der Waals surface area (Å²) < 4.78 is 13.3. The van der Waals surface area contributed by atoms with Crippen molar-refractivity contribution in [3.63, 3.8) is 0 Å². The molecular formula is C20H18FN5O4. The van der Waals surface area contributed by atoms with Crippen molar-refractivity contribution in [3.05, 3.63) is 64.3 Å². The smallest absolute Gasteiger partial charge is 0.324 e. The molecule has 4 amide bonds. The number of carbonyl (C=O) groups excluding carboxylic acids is 3. The zero-order valence-electron chi connectivity index (χ0n) is 15.9. The molecule has 1 fully saturated rings. The fraction of sp³-hybridized carbons (Fsp3) is 0.200. The number of aromatic amines is 2. The van der Waals surface area contributed by atoms with Crippen LogP contribution in [-0.2, 0) is 15.1 Å². The van der Waals surface area contributed by atoms with E-state index in [9.17, 15) is 23.6 Å². The van der Waals surface area contributed by atoms with Crippen molar-refractivity contribution in [1.82, 2.24) is 20.2 Å². The van der Waals surface area contributed by atoms with Crippen LogP contribution in [0.25, 0.3) is 11.0 Å². The van der Waals surface area contributed by atoms with Crippen LogP contribution in [0.3, 0.4) is 0 Å². The lowest BCUT2D eigenvalue weighted by molar-refractivity contribution is -0.134. The molecule has 1 unspecified atom stereocenters. The highest BCUT2D eigenvalue weighted by Crippen LogP contribution is 2.32. The van der Waals surface area contributed by atoms with Crippen LogP contribution >= 0.6 is 0 Å². The SMILES string of the molecule is CCC1(c2ccc(F)cc2)NC(=O)N(CC(=O)Nc2ccc3[nH]c(=O)[nH]c3c2)C1=O. The van der Waals surface area contributed by atoms with Crippen LogP contribution in [0.15, 0.2) is 47.3 Å². The predicted molar refractivity (Wildman–Crippen MR) is 106 cm³/mol. The van der Waals surface area contributed by atoms with Crippen LogP contribution in [-0.4, -0.2) is 39.3 Å². The minimum Gasteiger partial charge on any atom is -0.324 e. The van der Waals surface area contributed by atoms with Crippen LogP contribution < -0.4 is 16.3 Å². The maximum absolute atomic E-state index is 13.3. The Hall–Kier alpha value is -3.95. The molecule has 4 rings (SSSR count). The molecule has 10 heteroatoms. The summed E-state index contributed by atoms with van der Waals surface area (Å²) >= 11 is 0. The number of benzene rings is 2. The molecule has 1 atom stereocenters. The van der Waals surface area contributed by atoms with Crippen molar-refractivity contribution in [3.8, 4) is 0 Å². The number of amides is 4. The van der Waals surface area contributed by atoms with Gasteiger partial charge in [0.25, 0.3) is 5.91 Å². The second kappa shape index (κ2) is 7.14. The number of fused-ring (bicyclic) bond motifs is 1. The Morgan fingerprint density at radius 3 is 2.47 bits per heavy atom. The Kier molecular flexibility index (Phi) is 4.61. The molecule has 4 N–H and O–H groups in total. The van der Waals surface area contributed by atoms with E-state index in [1.807, 2.05) is 0 Å². The first-order valence-electron chi connectivity index (χ1n) is 9.24. The molecule has 1 saturated heterocycles. The van der Waals surface area contributed by atoms with E-state index in [2.05, 4.69) is 20.6 Å². The summed E-state index contributed by atoms with van der Waals surface area (Å²) in [5.41, 5.74) is 0.205. The van der Waals surface area contributed by atoms with Crippen molar-refractivity contribution in [2.45, 2.75) is 18.9 Å². The van der Waals surface area contributed by atoms with Crippen LogP contribution in [0.5, 0.6) is 0 Å². The molecule has 0 spiro atoms. The summed E-state index contributed by atoms with van der Waals surface area (Å²) in [7, 11) is 0. The van der Waals surface area contributed by atoms with Gasteiger partial charge in [0.05, 0.1) is 11.0 Å². The summed E-state index contributed by atoms with van der Waals surface area (Å²) in [5, 5.41) is 5.25. The second-order valence-corrected chi connectivity index (χ2v) is 6.97. The van der Waals surface area contributed by atoms with E-state index in [1.54, 1.807) is 25.1 Å². The number of rotatable bonds is 5. The maximum Gasteiger partial charge on any atom is 0.325 e. The molecule has 0 radical (unpaired) electrons. The number of halogens is 1.